The molecule has 3 aromatic rings. The summed E-state index contributed by atoms with van der Waals surface area (Å²) in [4.78, 5) is 11.9. The van der Waals surface area contributed by atoms with E-state index in [0.29, 0.717) is 11.3 Å². The fourth-order valence-corrected chi connectivity index (χ4v) is 3.30. The third kappa shape index (κ3) is 4.62. The van der Waals surface area contributed by atoms with Gasteiger partial charge in [0, 0.05) is 4.47 Å². The van der Waals surface area contributed by atoms with Crippen LogP contribution in [0.1, 0.15) is 5.56 Å². The number of ether oxygens (including phenoxy) is 1. The first-order valence-electron chi connectivity index (χ1n) is 7.64. The molecule has 2 N–H and O–H groups in total. The van der Waals surface area contributed by atoms with E-state index in [9.17, 15) is 9.90 Å². The highest BCUT2D eigenvalue weighted by Gasteiger charge is 2.08. The third-order valence-corrected chi connectivity index (χ3v) is 4.82. The van der Waals surface area contributed by atoms with E-state index in [2.05, 4.69) is 42.4 Å². The van der Waals surface area contributed by atoms with Gasteiger partial charge in [0.25, 0.3) is 5.91 Å². The number of nitrogens with zero attached hydrogens (tertiary/aromatic N) is 1. The minimum Gasteiger partial charge on any atom is -0.508 e. The number of halogens is 2. The van der Waals surface area contributed by atoms with Crippen LogP contribution in [0.3, 0.4) is 0 Å². The van der Waals surface area contributed by atoms with Crippen LogP contribution in [-0.2, 0) is 4.79 Å². The van der Waals surface area contributed by atoms with E-state index < -0.39 is 0 Å². The van der Waals surface area contributed by atoms with E-state index in [0.717, 1.165) is 19.7 Å². The molecule has 0 aliphatic heterocycles. The highest BCUT2D eigenvalue weighted by atomic mass is 79.9. The number of amides is 1. The average molecular weight is 478 g/mol. The number of nitrogens with one attached hydrogen (secondary N) is 1. The number of hydrogen-bond donors (Lipinski definition) is 2. The van der Waals surface area contributed by atoms with E-state index in [4.69, 9.17) is 4.74 Å². The van der Waals surface area contributed by atoms with Crippen molar-refractivity contribution in [1.82, 2.24) is 5.43 Å². The molecule has 0 radical (unpaired) electrons. The molecule has 0 unspecified atom stereocenters. The van der Waals surface area contributed by atoms with Gasteiger partial charge in [0.15, 0.2) is 6.61 Å². The van der Waals surface area contributed by atoms with Gasteiger partial charge in [-0.2, -0.15) is 5.10 Å². The fraction of sp³-hybridized carbons (Fsp3) is 0.0526. The zero-order valence-corrected chi connectivity index (χ0v) is 16.6. The molecule has 0 aliphatic carbocycles. The van der Waals surface area contributed by atoms with Crippen molar-refractivity contribution in [3.05, 3.63) is 69.1 Å². The minimum atomic E-state index is -0.385. The molecule has 0 spiro atoms. The molecule has 3 rings (SSSR count). The molecular formula is C19H14Br2N2O3. The summed E-state index contributed by atoms with van der Waals surface area (Å²) in [6.07, 6.45) is 1.45. The van der Waals surface area contributed by atoms with E-state index in [1.807, 2.05) is 30.3 Å². The summed E-state index contributed by atoms with van der Waals surface area (Å²) < 4.78 is 7.36. The summed E-state index contributed by atoms with van der Waals surface area (Å²) in [6, 6.07) is 16.2. The van der Waals surface area contributed by atoms with Gasteiger partial charge in [-0.1, -0.05) is 40.2 Å². The molecule has 1 amide bonds. The first-order chi connectivity index (χ1) is 12.5. The molecule has 0 saturated heterocycles. The Morgan fingerprint density at radius 2 is 2.00 bits per heavy atom. The third-order valence-electron chi connectivity index (χ3n) is 3.51. The van der Waals surface area contributed by atoms with Crippen molar-refractivity contribution in [2.45, 2.75) is 0 Å². The molecule has 0 saturated carbocycles. The number of hydrogen-bond acceptors (Lipinski definition) is 4. The van der Waals surface area contributed by atoms with Crippen molar-refractivity contribution in [1.29, 1.82) is 0 Å². The molecule has 0 heterocycles. The van der Waals surface area contributed by atoms with E-state index in [1.165, 1.54) is 12.3 Å². The zero-order valence-electron chi connectivity index (χ0n) is 13.4. The second-order valence-corrected chi connectivity index (χ2v) is 7.13. The molecule has 0 fully saturated rings. The number of phenols is 1. The number of benzene rings is 3. The number of phenolic OH excluding ortho intramolecular Hbond substituents is 1. The van der Waals surface area contributed by atoms with Gasteiger partial charge in [-0.3, -0.25) is 4.79 Å². The minimum absolute atomic E-state index is 0.136. The second-order valence-electron chi connectivity index (χ2n) is 5.42. The molecule has 3 aromatic carbocycles. The van der Waals surface area contributed by atoms with Gasteiger partial charge in [-0.05, 0) is 62.6 Å². The standard InChI is InChI=1S/C19H14Br2N2O3/c20-14-5-6-16-13(9-14)4-7-17(19(16)21)26-11-18(25)23-22-10-12-2-1-3-15(24)8-12/h1-10,24H,11H2,(H,23,25)/b22-10+. The number of hydrazone groups is 1. The maximum absolute atomic E-state index is 11.9. The Morgan fingerprint density at radius 3 is 2.81 bits per heavy atom. The molecule has 0 aliphatic rings. The lowest BCUT2D eigenvalue weighted by Gasteiger charge is -2.10. The Kier molecular flexibility index (Phi) is 5.90. The van der Waals surface area contributed by atoms with Crippen LogP contribution in [0.25, 0.3) is 10.8 Å². The van der Waals surface area contributed by atoms with Gasteiger partial charge in [0.1, 0.15) is 11.5 Å². The van der Waals surface area contributed by atoms with E-state index in [-0.39, 0.29) is 18.3 Å². The SMILES string of the molecule is O=C(COc1ccc2cc(Br)ccc2c1Br)N/N=C/c1cccc(O)c1. The molecule has 0 bridgehead atoms. The van der Waals surface area contributed by atoms with Crippen LogP contribution < -0.4 is 10.2 Å². The summed E-state index contributed by atoms with van der Waals surface area (Å²) in [5.74, 6) is 0.327. The van der Waals surface area contributed by atoms with Crippen LogP contribution >= 0.6 is 31.9 Å². The lowest BCUT2D eigenvalue weighted by atomic mass is 10.1. The Bertz CT molecular complexity index is 990. The summed E-state index contributed by atoms with van der Waals surface area (Å²) in [7, 11) is 0. The van der Waals surface area contributed by atoms with Crippen molar-refractivity contribution in [2.24, 2.45) is 5.10 Å². The second kappa shape index (κ2) is 8.33. The maximum atomic E-state index is 11.9. The van der Waals surface area contributed by atoms with Gasteiger partial charge < -0.3 is 9.84 Å². The topological polar surface area (TPSA) is 70.9 Å². The van der Waals surface area contributed by atoms with Crippen molar-refractivity contribution < 1.29 is 14.6 Å². The van der Waals surface area contributed by atoms with Gasteiger partial charge in [0.05, 0.1) is 10.7 Å². The number of fused-ring (bicyclic) bond motifs is 1. The van der Waals surface area contributed by atoms with Gasteiger partial charge >= 0.3 is 0 Å². The Morgan fingerprint density at radius 1 is 1.15 bits per heavy atom. The lowest BCUT2D eigenvalue weighted by molar-refractivity contribution is -0.123. The van der Waals surface area contributed by atoms with E-state index >= 15 is 0 Å². The number of rotatable bonds is 5. The number of aromatic hydroxyl groups is 1. The van der Waals surface area contributed by atoms with Crippen molar-refractivity contribution in [2.75, 3.05) is 6.61 Å². The number of carbonyl (C=O) groups excluding carboxylic acids is 1. The molecule has 5 nitrogen and oxygen atoms in total. The molecule has 26 heavy (non-hydrogen) atoms. The highest BCUT2D eigenvalue weighted by Crippen LogP contribution is 2.34. The average Bonchev–Trinajstić information content (AvgIpc) is 2.61. The van der Waals surface area contributed by atoms with Crippen LogP contribution in [0.2, 0.25) is 0 Å². The van der Waals surface area contributed by atoms with Crippen molar-refractivity contribution in [3.63, 3.8) is 0 Å². The normalized spacial score (nSPS) is 11.0. The van der Waals surface area contributed by atoms with Crippen LogP contribution in [0.4, 0.5) is 0 Å². The molecule has 0 atom stereocenters. The Balaban J connectivity index is 1.60. The van der Waals surface area contributed by atoms with Gasteiger partial charge in [-0.15, -0.1) is 0 Å². The summed E-state index contributed by atoms with van der Waals surface area (Å²) in [5.41, 5.74) is 3.06. The zero-order chi connectivity index (χ0) is 18.5. The van der Waals surface area contributed by atoms with Crippen LogP contribution in [-0.4, -0.2) is 23.8 Å². The van der Waals surface area contributed by atoms with Crippen molar-refractivity contribution >= 4 is 54.8 Å². The molecule has 7 heteroatoms. The quantitative estimate of drug-likeness (QED) is 0.416. The summed E-state index contributed by atoms with van der Waals surface area (Å²) in [5, 5.41) is 15.3. The summed E-state index contributed by atoms with van der Waals surface area (Å²) >= 11 is 6.96. The molecule has 0 aromatic heterocycles. The predicted octanol–water partition coefficient (Wildman–Crippen LogP) is 4.60. The Hall–Kier alpha value is -2.38. The highest BCUT2D eigenvalue weighted by molar-refractivity contribution is 9.11. The predicted molar refractivity (Wildman–Crippen MR) is 109 cm³/mol. The van der Waals surface area contributed by atoms with Gasteiger partial charge in [0.2, 0.25) is 0 Å². The number of carbonyl (C=O) groups is 1. The largest absolute Gasteiger partial charge is 0.508 e. The first-order valence-corrected chi connectivity index (χ1v) is 9.23. The van der Waals surface area contributed by atoms with Gasteiger partial charge in [-0.25, -0.2) is 5.43 Å². The first kappa shape index (κ1) is 18.4. The fourth-order valence-electron chi connectivity index (χ4n) is 2.31. The monoisotopic (exact) mass is 476 g/mol. The van der Waals surface area contributed by atoms with Crippen LogP contribution in [0, 0.1) is 0 Å². The van der Waals surface area contributed by atoms with E-state index in [1.54, 1.807) is 18.2 Å². The molecule has 132 valence electrons. The maximum Gasteiger partial charge on any atom is 0.277 e. The molecular weight excluding hydrogens is 464 g/mol. The Labute approximate surface area is 166 Å². The summed E-state index contributed by atoms with van der Waals surface area (Å²) in [6.45, 7) is -0.169. The lowest BCUT2D eigenvalue weighted by Crippen LogP contribution is -2.24. The van der Waals surface area contributed by atoms with Crippen molar-refractivity contribution in [3.8, 4) is 11.5 Å². The van der Waals surface area contributed by atoms with Crippen LogP contribution in [0.5, 0.6) is 11.5 Å². The smallest absolute Gasteiger partial charge is 0.277 e. The van der Waals surface area contributed by atoms with Crippen LogP contribution in [0.15, 0.2) is 68.6 Å².